The zero-order chi connectivity index (χ0) is 8.97. The first-order valence-corrected chi connectivity index (χ1v) is 4.86. The second-order valence-electron chi connectivity index (χ2n) is 3.73. The monoisotopic (exact) mass is 172 g/mol. The number of aliphatic hydroxyl groups excluding tert-OH is 1. The molecule has 12 heavy (non-hydrogen) atoms. The van der Waals surface area contributed by atoms with Crippen LogP contribution in [0.5, 0.6) is 0 Å². The normalized spacial score (nSPS) is 28.8. The number of β-amino-alcohol motifs (C(OH)–C–C–N with tert-alkyl or cyclic N) is 1. The molecular weight excluding hydrogens is 152 g/mol. The Labute approximate surface area is 74.5 Å². The van der Waals surface area contributed by atoms with E-state index in [0.717, 1.165) is 19.6 Å². The predicted octanol–water partition coefficient (Wildman–Crippen LogP) is 0.180. The van der Waals surface area contributed by atoms with Gasteiger partial charge in [-0.1, -0.05) is 6.42 Å². The zero-order valence-electron chi connectivity index (χ0n) is 7.87. The van der Waals surface area contributed by atoms with Crippen LogP contribution in [0.1, 0.15) is 26.2 Å². The molecule has 0 aromatic rings. The van der Waals surface area contributed by atoms with Gasteiger partial charge in [0.2, 0.25) is 0 Å². The molecule has 1 saturated heterocycles. The molecule has 0 aliphatic carbocycles. The van der Waals surface area contributed by atoms with E-state index in [-0.39, 0.29) is 6.10 Å². The number of likely N-dealkylation sites (tertiary alicyclic amines) is 1. The van der Waals surface area contributed by atoms with Crippen molar-refractivity contribution in [3.8, 4) is 0 Å². The molecule has 0 amide bonds. The van der Waals surface area contributed by atoms with Gasteiger partial charge in [0.15, 0.2) is 0 Å². The maximum atomic E-state index is 9.24. The molecule has 72 valence electrons. The first kappa shape index (κ1) is 9.96. The van der Waals surface area contributed by atoms with Gasteiger partial charge in [-0.15, -0.1) is 0 Å². The van der Waals surface area contributed by atoms with Gasteiger partial charge in [0.05, 0.1) is 6.10 Å². The van der Waals surface area contributed by atoms with E-state index in [1.54, 1.807) is 0 Å². The molecule has 0 bridgehead atoms. The SMILES string of the molecule is C[C@H](O)CN1CCCCC1CN. The van der Waals surface area contributed by atoms with Crippen LogP contribution in [-0.2, 0) is 0 Å². The van der Waals surface area contributed by atoms with Crippen molar-refractivity contribution in [2.45, 2.75) is 38.3 Å². The molecule has 0 spiro atoms. The third-order valence-electron chi connectivity index (χ3n) is 2.52. The Morgan fingerprint density at radius 3 is 2.92 bits per heavy atom. The molecule has 0 radical (unpaired) electrons. The number of piperidine rings is 1. The highest BCUT2D eigenvalue weighted by molar-refractivity contribution is 4.78. The van der Waals surface area contributed by atoms with Crippen molar-refractivity contribution in [1.82, 2.24) is 4.90 Å². The molecule has 0 aromatic heterocycles. The number of hydrogen-bond donors (Lipinski definition) is 2. The highest BCUT2D eigenvalue weighted by Gasteiger charge is 2.21. The van der Waals surface area contributed by atoms with Gasteiger partial charge < -0.3 is 10.8 Å². The number of nitrogens with two attached hydrogens (primary N) is 1. The molecule has 2 atom stereocenters. The molecule has 1 fully saturated rings. The highest BCUT2D eigenvalue weighted by atomic mass is 16.3. The van der Waals surface area contributed by atoms with E-state index >= 15 is 0 Å². The zero-order valence-corrected chi connectivity index (χ0v) is 7.87. The standard InChI is InChI=1S/C9H20N2O/c1-8(12)7-11-5-3-2-4-9(11)6-10/h8-9,12H,2-7,10H2,1H3/t8-,9?/m0/s1. The molecule has 1 unspecified atom stereocenters. The van der Waals surface area contributed by atoms with E-state index in [1.165, 1.54) is 19.3 Å². The summed E-state index contributed by atoms with van der Waals surface area (Å²) in [5.74, 6) is 0. The van der Waals surface area contributed by atoms with Crippen LogP contribution in [0, 0.1) is 0 Å². The summed E-state index contributed by atoms with van der Waals surface area (Å²) in [5, 5.41) is 9.24. The Morgan fingerprint density at radius 2 is 2.33 bits per heavy atom. The Balaban J connectivity index is 2.36. The summed E-state index contributed by atoms with van der Waals surface area (Å²) in [6, 6.07) is 0.508. The maximum Gasteiger partial charge on any atom is 0.0639 e. The van der Waals surface area contributed by atoms with Crippen molar-refractivity contribution in [3.05, 3.63) is 0 Å². The summed E-state index contributed by atoms with van der Waals surface area (Å²) in [6.07, 6.45) is 3.52. The number of hydrogen-bond acceptors (Lipinski definition) is 3. The average Bonchev–Trinajstić information content (AvgIpc) is 2.04. The molecule has 1 aliphatic rings. The van der Waals surface area contributed by atoms with E-state index in [2.05, 4.69) is 4.90 Å². The summed E-state index contributed by atoms with van der Waals surface area (Å²) in [6.45, 7) is 4.45. The lowest BCUT2D eigenvalue weighted by atomic mass is 10.0. The molecule has 0 saturated carbocycles. The fourth-order valence-electron chi connectivity index (χ4n) is 1.91. The maximum absolute atomic E-state index is 9.24. The Morgan fingerprint density at radius 1 is 1.58 bits per heavy atom. The summed E-state index contributed by atoms with van der Waals surface area (Å²) < 4.78 is 0. The van der Waals surface area contributed by atoms with Crippen LogP contribution in [0.3, 0.4) is 0 Å². The highest BCUT2D eigenvalue weighted by Crippen LogP contribution is 2.15. The van der Waals surface area contributed by atoms with Gasteiger partial charge >= 0.3 is 0 Å². The minimum atomic E-state index is -0.225. The van der Waals surface area contributed by atoms with Crippen molar-refractivity contribution >= 4 is 0 Å². The molecule has 3 nitrogen and oxygen atoms in total. The lowest BCUT2D eigenvalue weighted by Crippen LogP contribution is -2.46. The summed E-state index contributed by atoms with van der Waals surface area (Å²) in [5.41, 5.74) is 5.65. The lowest BCUT2D eigenvalue weighted by Gasteiger charge is -2.35. The largest absolute Gasteiger partial charge is 0.392 e. The second kappa shape index (κ2) is 4.80. The second-order valence-corrected chi connectivity index (χ2v) is 3.73. The van der Waals surface area contributed by atoms with Gasteiger partial charge in [0, 0.05) is 19.1 Å². The van der Waals surface area contributed by atoms with E-state index in [0.29, 0.717) is 6.04 Å². The Bertz CT molecular complexity index is 128. The van der Waals surface area contributed by atoms with Crippen LogP contribution in [-0.4, -0.2) is 41.8 Å². The van der Waals surface area contributed by atoms with Crippen molar-refractivity contribution in [3.63, 3.8) is 0 Å². The molecule has 3 N–H and O–H groups in total. The molecule has 1 heterocycles. The van der Waals surface area contributed by atoms with Crippen LogP contribution in [0.25, 0.3) is 0 Å². The predicted molar refractivity (Wildman–Crippen MR) is 49.9 cm³/mol. The first-order valence-electron chi connectivity index (χ1n) is 4.86. The van der Waals surface area contributed by atoms with Crippen molar-refractivity contribution in [1.29, 1.82) is 0 Å². The molecule has 0 aromatic carbocycles. The van der Waals surface area contributed by atoms with E-state index in [9.17, 15) is 5.11 Å². The molecular formula is C9H20N2O. The third-order valence-corrected chi connectivity index (χ3v) is 2.52. The number of nitrogens with zero attached hydrogens (tertiary/aromatic N) is 1. The first-order chi connectivity index (χ1) is 5.74. The smallest absolute Gasteiger partial charge is 0.0639 e. The van der Waals surface area contributed by atoms with Gasteiger partial charge in [0.1, 0.15) is 0 Å². The average molecular weight is 172 g/mol. The van der Waals surface area contributed by atoms with Crippen molar-refractivity contribution < 1.29 is 5.11 Å². The molecule has 1 rings (SSSR count). The molecule has 1 aliphatic heterocycles. The van der Waals surface area contributed by atoms with Crippen LogP contribution < -0.4 is 5.73 Å². The third kappa shape index (κ3) is 2.73. The van der Waals surface area contributed by atoms with Crippen LogP contribution in [0.15, 0.2) is 0 Å². The summed E-state index contributed by atoms with van der Waals surface area (Å²) >= 11 is 0. The summed E-state index contributed by atoms with van der Waals surface area (Å²) in [4.78, 5) is 2.31. The van der Waals surface area contributed by atoms with E-state index in [4.69, 9.17) is 5.73 Å². The van der Waals surface area contributed by atoms with Crippen LogP contribution in [0.2, 0.25) is 0 Å². The van der Waals surface area contributed by atoms with Crippen molar-refractivity contribution in [2.75, 3.05) is 19.6 Å². The van der Waals surface area contributed by atoms with Crippen LogP contribution in [0.4, 0.5) is 0 Å². The fourth-order valence-corrected chi connectivity index (χ4v) is 1.91. The lowest BCUT2D eigenvalue weighted by molar-refractivity contribution is 0.0795. The summed E-state index contributed by atoms with van der Waals surface area (Å²) in [7, 11) is 0. The van der Waals surface area contributed by atoms with E-state index in [1.807, 2.05) is 6.92 Å². The van der Waals surface area contributed by atoms with Gasteiger partial charge in [-0.25, -0.2) is 0 Å². The topological polar surface area (TPSA) is 49.5 Å². The quantitative estimate of drug-likeness (QED) is 0.638. The number of rotatable bonds is 3. The van der Waals surface area contributed by atoms with Crippen LogP contribution >= 0.6 is 0 Å². The molecule has 3 heteroatoms. The van der Waals surface area contributed by atoms with Gasteiger partial charge in [0.25, 0.3) is 0 Å². The van der Waals surface area contributed by atoms with Gasteiger partial charge in [-0.2, -0.15) is 0 Å². The minimum Gasteiger partial charge on any atom is -0.392 e. The minimum absolute atomic E-state index is 0.225. The van der Waals surface area contributed by atoms with E-state index < -0.39 is 0 Å². The van der Waals surface area contributed by atoms with Gasteiger partial charge in [-0.05, 0) is 26.3 Å². The fraction of sp³-hybridized carbons (Fsp3) is 1.00. The van der Waals surface area contributed by atoms with Gasteiger partial charge in [-0.3, -0.25) is 4.90 Å². The Hall–Kier alpha value is -0.120. The number of aliphatic hydroxyl groups is 1. The Kier molecular flexibility index (Phi) is 3.98. The van der Waals surface area contributed by atoms with Crippen molar-refractivity contribution in [2.24, 2.45) is 5.73 Å².